The van der Waals surface area contributed by atoms with Gasteiger partial charge in [-0.1, -0.05) is 30.3 Å². The van der Waals surface area contributed by atoms with Crippen molar-refractivity contribution in [1.82, 2.24) is 0 Å². The van der Waals surface area contributed by atoms with Crippen LogP contribution in [0.2, 0.25) is 0 Å². The molecule has 0 aliphatic rings. The molecule has 0 amide bonds. The van der Waals surface area contributed by atoms with Gasteiger partial charge in [0.25, 0.3) is 0 Å². The molecule has 0 aliphatic heterocycles. The van der Waals surface area contributed by atoms with Crippen LogP contribution < -0.4 is 0 Å². The highest BCUT2D eigenvalue weighted by molar-refractivity contribution is 5.87. The van der Waals surface area contributed by atoms with E-state index in [9.17, 15) is 19.8 Å². The number of benzene rings is 1. The Morgan fingerprint density at radius 3 is 2.12 bits per heavy atom. The smallest absolute Gasteiger partial charge is 0.339 e. The molecule has 0 saturated heterocycles. The van der Waals surface area contributed by atoms with E-state index < -0.39 is 30.1 Å². The predicted molar refractivity (Wildman–Crippen MR) is 56.4 cm³/mol. The molecule has 17 heavy (non-hydrogen) atoms. The van der Waals surface area contributed by atoms with Crippen LogP contribution in [-0.4, -0.2) is 44.1 Å². The molecular formula is C11H12O6. The third-order valence-corrected chi connectivity index (χ3v) is 2.37. The van der Waals surface area contributed by atoms with Gasteiger partial charge in [-0.2, -0.15) is 0 Å². The summed E-state index contributed by atoms with van der Waals surface area (Å²) in [7, 11) is 0. The van der Waals surface area contributed by atoms with Gasteiger partial charge in [0.1, 0.15) is 0 Å². The maximum Gasteiger partial charge on any atom is 0.339 e. The Labute approximate surface area is 96.8 Å². The molecule has 0 fully saturated rings. The van der Waals surface area contributed by atoms with Crippen molar-refractivity contribution < 1.29 is 30.0 Å². The number of rotatable bonds is 5. The molecule has 92 valence electrons. The van der Waals surface area contributed by atoms with E-state index in [1.807, 2.05) is 0 Å². The first-order valence-corrected chi connectivity index (χ1v) is 4.78. The minimum Gasteiger partial charge on any atom is -0.479 e. The number of hydrogen-bond acceptors (Lipinski definition) is 4. The topological polar surface area (TPSA) is 115 Å². The van der Waals surface area contributed by atoms with Crippen LogP contribution in [0.4, 0.5) is 0 Å². The van der Waals surface area contributed by atoms with Crippen molar-refractivity contribution in [2.75, 3.05) is 0 Å². The van der Waals surface area contributed by atoms with Gasteiger partial charge in [0.05, 0.1) is 0 Å². The van der Waals surface area contributed by atoms with Gasteiger partial charge < -0.3 is 20.4 Å². The molecule has 4 N–H and O–H groups in total. The molecule has 1 aromatic carbocycles. The van der Waals surface area contributed by atoms with E-state index in [1.165, 1.54) is 12.1 Å². The standard InChI is InChI=1S/C11H12O6/c12-8(9(13)14)11(17,10(15)16)6-7-4-2-1-3-5-7/h1-5,8,12,17H,6H2,(H,13,14)(H,15,16)/t8-,11+/m1/s1. The Kier molecular flexibility index (Phi) is 3.82. The second kappa shape index (κ2) is 4.94. The van der Waals surface area contributed by atoms with Crippen LogP contribution in [0, 0.1) is 0 Å². The van der Waals surface area contributed by atoms with Crippen molar-refractivity contribution in [1.29, 1.82) is 0 Å². The van der Waals surface area contributed by atoms with Gasteiger partial charge in [-0.15, -0.1) is 0 Å². The highest BCUT2D eigenvalue weighted by Crippen LogP contribution is 2.18. The predicted octanol–water partition coefficient (Wildman–Crippen LogP) is -0.510. The number of carbonyl (C=O) groups is 2. The van der Waals surface area contributed by atoms with Crippen molar-refractivity contribution in [2.45, 2.75) is 18.1 Å². The quantitative estimate of drug-likeness (QED) is 0.551. The summed E-state index contributed by atoms with van der Waals surface area (Å²) < 4.78 is 0. The van der Waals surface area contributed by atoms with Crippen molar-refractivity contribution in [3.63, 3.8) is 0 Å². The lowest BCUT2D eigenvalue weighted by atomic mass is 9.89. The molecule has 1 aromatic rings. The van der Waals surface area contributed by atoms with Crippen LogP contribution in [-0.2, 0) is 16.0 Å². The van der Waals surface area contributed by atoms with Gasteiger partial charge in [0.15, 0.2) is 6.10 Å². The summed E-state index contributed by atoms with van der Waals surface area (Å²) >= 11 is 0. The summed E-state index contributed by atoms with van der Waals surface area (Å²) in [4.78, 5) is 21.5. The van der Waals surface area contributed by atoms with Crippen molar-refractivity contribution in [3.8, 4) is 0 Å². The van der Waals surface area contributed by atoms with Gasteiger partial charge >= 0.3 is 11.9 Å². The Hall–Kier alpha value is -1.92. The minimum atomic E-state index is -2.74. The van der Waals surface area contributed by atoms with Crippen LogP contribution in [0.25, 0.3) is 0 Å². The van der Waals surface area contributed by atoms with E-state index in [1.54, 1.807) is 18.2 Å². The lowest BCUT2D eigenvalue weighted by Crippen LogP contribution is -2.54. The van der Waals surface area contributed by atoms with Gasteiger partial charge in [-0.3, -0.25) is 0 Å². The maximum atomic E-state index is 10.9. The molecule has 0 aromatic heterocycles. The van der Waals surface area contributed by atoms with Crippen LogP contribution in [0.3, 0.4) is 0 Å². The monoisotopic (exact) mass is 240 g/mol. The molecule has 0 heterocycles. The molecule has 2 atom stereocenters. The van der Waals surface area contributed by atoms with E-state index in [2.05, 4.69) is 0 Å². The number of hydrogen-bond donors (Lipinski definition) is 4. The van der Waals surface area contributed by atoms with Crippen molar-refractivity contribution in [2.24, 2.45) is 0 Å². The molecular weight excluding hydrogens is 228 g/mol. The largest absolute Gasteiger partial charge is 0.479 e. The first-order chi connectivity index (χ1) is 7.88. The zero-order valence-corrected chi connectivity index (χ0v) is 8.78. The van der Waals surface area contributed by atoms with Crippen molar-refractivity contribution >= 4 is 11.9 Å². The van der Waals surface area contributed by atoms with Gasteiger partial charge in [-0.05, 0) is 5.56 Å². The highest BCUT2D eigenvalue weighted by Gasteiger charge is 2.47. The molecule has 0 radical (unpaired) electrons. The fourth-order valence-corrected chi connectivity index (χ4v) is 1.40. The van der Waals surface area contributed by atoms with Gasteiger partial charge in [0.2, 0.25) is 5.60 Å². The second-order valence-electron chi connectivity index (χ2n) is 3.63. The van der Waals surface area contributed by atoms with Crippen molar-refractivity contribution in [3.05, 3.63) is 35.9 Å². The molecule has 0 bridgehead atoms. The number of aliphatic carboxylic acids is 2. The summed E-state index contributed by atoms with van der Waals surface area (Å²) in [5.74, 6) is -3.57. The number of carboxylic acid groups (broad SMARTS) is 2. The molecule has 6 nitrogen and oxygen atoms in total. The summed E-state index contributed by atoms with van der Waals surface area (Å²) in [5.41, 5.74) is -2.33. The second-order valence-corrected chi connectivity index (χ2v) is 3.63. The summed E-state index contributed by atoms with van der Waals surface area (Å²) in [6, 6.07) is 7.98. The van der Waals surface area contributed by atoms with E-state index in [-0.39, 0.29) is 0 Å². The number of aliphatic hydroxyl groups is 2. The fourth-order valence-electron chi connectivity index (χ4n) is 1.40. The Morgan fingerprint density at radius 2 is 1.71 bits per heavy atom. The first-order valence-electron chi connectivity index (χ1n) is 4.78. The summed E-state index contributed by atoms with van der Waals surface area (Å²) in [6.07, 6.45) is -2.88. The third-order valence-electron chi connectivity index (χ3n) is 2.37. The van der Waals surface area contributed by atoms with Crippen LogP contribution >= 0.6 is 0 Å². The van der Waals surface area contributed by atoms with E-state index in [0.717, 1.165) is 0 Å². The molecule has 0 saturated carbocycles. The van der Waals surface area contributed by atoms with E-state index in [0.29, 0.717) is 5.56 Å². The lowest BCUT2D eigenvalue weighted by molar-refractivity contribution is -0.183. The van der Waals surface area contributed by atoms with Crippen LogP contribution in [0.1, 0.15) is 5.56 Å². The SMILES string of the molecule is O=C(O)[C@@H](O)[C@@](O)(Cc1ccccc1)C(=O)O. The van der Waals surface area contributed by atoms with Crippen LogP contribution in [0.5, 0.6) is 0 Å². The van der Waals surface area contributed by atoms with E-state index >= 15 is 0 Å². The lowest BCUT2D eigenvalue weighted by Gasteiger charge is -2.26. The average molecular weight is 240 g/mol. The Morgan fingerprint density at radius 1 is 1.18 bits per heavy atom. The normalized spacial score (nSPS) is 15.9. The molecule has 6 heteroatoms. The van der Waals surface area contributed by atoms with Gasteiger partial charge in [-0.25, -0.2) is 9.59 Å². The average Bonchev–Trinajstić information content (AvgIpc) is 2.28. The van der Waals surface area contributed by atoms with E-state index in [4.69, 9.17) is 10.2 Å². The number of carboxylic acids is 2. The molecule has 0 aliphatic carbocycles. The number of aliphatic hydroxyl groups excluding tert-OH is 1. The highest BCUT2D eigenvalue weighted by atomic mass is 16.4. The molecule has 0 spiro atoms. The molecule has 1 rings (SSSR count). The third kappa shape index (κ3) is 2.80. The zero-order valence-electron chi connectivity index (χ0n) is 8.78. The summed E-state index contributed by atoms with van der Waals surface area (Å²) in [5, 5.41) is 36.4. The fraction of sp³-hybridized carbons (Fsp3) is 0.273. The molecule has 0 unspecified atom stereocenters. The Balaban J connectivity index is 3.02. The minimum absolute atomic E-state index is 0.415. The maximum absolute atomic E-state index is 10.9. The van der Waals surface area contributed by atoms with Gasteiger partial charge in [0, 0.05) is 6.42 Å². The zero-order chi connectivity index (χ0) is 13.1. The first kappa shape index (κ1) is 13.1. The summed E-state index contributed by atoms with van der Waals surface area (Å²) in [6.45, 7) is 0. The van der Waals surface area contributed by atoms with Crippen LogP contribution in [0.15, 0.2) is 30.3 Å². The Bertz CT molecular complexity index is 415.